The molecule has 0 unspecified atom stereocenters. The van der Waals surface area contributed by atoms with E-state index in [2.05, 4.69) is 9.36 Å². The first-order valence-corrected chi connectivity index (χ1v) is 5.80. The third-order valence-electron chi connectivity index (χ3n) is 1.85. The van der Waals surface area contributed by atoms with Gasteiger partial charge in [0.2, 0.25) is 5.13 Å². The van der Waals surface area contributed by atoms with Crippen LogP contribution in [0.25, 0.3) is 5.13 Å². The maximum Gasteiger partial charge on any atom is 0.347 e. The molecule has 2 aromatic rings. The molecule has 2 heterocycles. The normalized spacial score (nSPS) is 10.8. The van der Waals surface area contributed by atoms with Gasteiger partial charge in [-0.15, -0.1) is 0 Å². The molecule has 0 aromatic carbocycles. The molecule has 0 amide bonds. The number of rotatable bonds is 2. The molecule has 6 nitrogen and oxygen atoms in total. The maximum atomic E-state index is 11.6. The van der Waals surface area contributed by atoms with Crippen LogP contribution in [0.15, 0.2) is 9.59 Å². The van der Waals surface area contributed by atoms with Crippen molar-refractivity contribution in [2.45, 2.75) is 13.3 Å². The van der Waals surface area contributed by atoms with Gasteiger partial charge in [0, 0.05) is 36.5 Å². The lowest BCUT2D eigenvalue weighted by molar-refractivity contribution is 0.801. The third kappa shape index (κ3) is 1.65. The van der Waals surface area contributed by atoms with Gasteiger partial charge in [-0.05, 0) is 0 Å². The van der Waals surface area contributed by atoms with Crippen LogP contribution < -0.4 is 10.6 Å². The molecule has 80 valence electrons. The fourth-order valence-electron chi connectivity index (χ4n) is 0.984. The highest BCUT2D eigenvalue weighted by Crippen LogP contribution is 2.09. The molecular formula is C7H8N4O2S2. The second-order valence-corrected chi connectivity index (χ2v) is 4.47. The maximum absolute atomic E-state index is 11.6. The summed E-state index contributed by atoms with van der Waals surface area (Å²) >= 11 is 1.96. The Kier molecular flexibility index (Phi) is 2.53. The molecule has 0 aliphatic rings. The van der Waals surface area contributed by atoms with Gasteiger partial charge < -0.3 is 0 Å². The Morgan fingerprint density at radius 2 is 2.13 bits per heavy atom. The van der Waals surface area contributed by atoms with Gasteiger partial charge in [-0.2, -0.15) is 8.33 Å². The van der Waals surface area contributed by atoms with Crippen molar-refractivity contribution in [1.29, 1.82) is 0 Å². The summed E-state index contributed by atoms with van der Waals surface area (Å²) in [7, 11) is 1.44. The van der Waals surface area contributed by atoms with Gasteiger partial charge in [0.1, 0.15) is 5.82 Å². The topological polar surface area (TPSA) is 69.8 Å². The average molecular weight is 244 g/mol. The Morgan fingerprint density at radius 3 is 2.60 bits per heavy atom. The third-order valence-corrected chi connectivity index (χ3v) is 3.65. The van der Waals surface area contributed by atoms with Crippen molar-refractivity contribution in [2.24, 2.45) is 7.05 Å². The molecule has 0 saturated heterocycles. The molecule has 2 rings (SSSR count). The van der Waals surface area contributed by atoms with Gasteiger partial charge in [0.25, 0.3) is 0 Å². The van der Waals surface area contributed by atoms with Crippen LogP contribution >= 0.6 is 23.1 Å². The minimum absolute atomic E-state index is 0.298. The number of hydrogen-bond acceptors (Lipinski definition) is 6. The van der Waals surface area contributed by atoms with Crippen molar-refractivity contribution in [3.05, 3.63) is 26.0 Å². The van der Waals surface area contributed by atoms with E-state index < -0.39 is 0 Å². The van der Waals surface area contributed by atoms with E-state index in [0.717, 1.165) is 27.6 Å². The molecule has 0 N–H and O–H groups in total. The summed E-state index contributed by atoms with van der Waals surface area (Å²) in [5.74, 6) is 0.686. The van der Waals surface area contributed by atoms with Gasteiger partial charge >= 0.3 is 10.6 Å². The average Bonchev–Trinajstić information content (AvgIpc) is 2.79. The van der Waals surface area contributed by atoms with E-state index in [9.17, 15) is 9.59 Å². The Balaban J connectivity index is 2.59. The van der Waals surface area contributed by atoms with Crippen LogP contribution in [0.3, 0.4) is 0 Å². The summed E-state index contributed by atoms with van der Waals surface area (Å²) in [6.45, 7) is 1.93. The van der Waals surface area contributed by atoms with Crippen LogP contribution in [0, 0.1) is 0 Å². The van der Waals surface area contributed by atoms with Gasteiger partial charge in [-0.3, -0.25) is 9.36 Å². The monoisotopic (exact) mass is 244 g/mol. The van der Waals surface area contributed by atoms with Crippen LogP contribution in [0.2, 0.25) is 0 Å². The molecule has 0 bridgehead atoms. The SMILES string of the molecule is CCc1nsc(-n2sc(=O)n(C)c2=O)n1. The summed E-state index contributed by atoms with van der Waals surface area (Å²) in [6, 6.07) is 0. The van der Waals surface area contributed by atoms with E-state index in [0.29, 0.717) is 17.4 Å². The quantitative estimate of drug-likeness (QED) is 0.746. The summed E-state index contributed by atoms with van der Waals surface area (Å²) < 4.78 is 6.37. The Labute approximate surface area is 92.8 Å². The minimum atomic E-state index is -0.371. The molecular weight excluding hydrogens is 236 g/mol. The van der Waals surface area contributed by atoms with E-state index in [-0.39, 0.29) is 10.6 Å². The molecule has 8 heteroatoms. The summed E-state index contributed by atoms with van der Waals surface area (Å²) in [4.78, 5) is 26.6. The van der Waals surface area contributed by atoms with E-state index in [4.69, 9.17) is 0 Å². The molecule has 0 aliphatic carbocycles. The lowest BCUT2D eigenvalue weighted by Gasteiger charge is -1.88. The fourth-order valence-corrected chi connectivity index (χ4v) is 2.53. The lowest BCUT2D eigenvalue weighted by Crippen LogP contribution is -2.25. The van der Waals surface area contributed by atoms with E-state index in [1.807, 2.05) is 6.92 Å². The van der Waals surface area contributed by atoms with Crippen molar-refractivity contribution >= 4 is 23.1 Å². The molecule has 0 spiro atoms. The van der Waals surface area contributed by atoms with Gasteiger partial charge in [-0.1, -0.05) is 6.92 Å². The highest BCUT2D eigenvalue weighted by Gasteiger charge is 2.12. The number of nitrogens with zero attached hydrogens (tertiary/aromatic N) is 4. The predicted octanol–water partition coefficient (Wildman–Crippen LogP) is 0.0116. The molecule has 0 aliphatic heterocycles. The number of hydrogen-bond donors (Lipinski definition) is 0. The van der Waals surface area contributed by atoms with Crippen molar-refractivity contribution in [3.63, 3.8) is 0 Å². The zero-order valence-corrected chi connectivity index (χ0v) is 9.76. The minimum Gasteiger partial charge on any atom is -0.255 e. The second-order valence-electron chi connectivity index (χ2n) is 2.84. The second kappa shape index (κ2) is 3.70. The smallest absolute Gasteiger partial charge is 0.255 e. The molecule has 0 atom stereocenters. The van der Waals surface area contributed by atoms with Gasteiger partial charge in [0.05, 0.1) is 0 Å². The first-order chi connectivity index (χ1) is 7.13. The zero-order valence-electron chi connectivity index (χ0n) is 8.13. The van der Waals surface area contributed by atoms with E-state index in [1.165, 1.54) is 11.0 Å². The molecule has 0 fully saturated rings. The summed E-state index contributed by atoms with van der Waals surface area (Å²) in [5, 5.41) is 0.458. The fraction of sp³-hybridized carbons (Fsp3) is 0.429. The molecule has 0 saturated carbocycles. The summed E-state index contributed by atoms with van der Waals surface area (Å²) in [5.41, 5.74) is -0.371. The first-order valence-electron chi connectivity index (χ1n) is 4.25. The van der Waals surface area contributed by atoms with Crippen molar-refractivity contribution in [3.8, 4) is 5.13 Å². The van der Waals surface area contributed by atoms with Crippen molar-refractivity contribution in [2.75, 3.05) is 0 Å². The van der Waals surface area contributed by atoms with E-state index in [1.54, 1.807) is 0 Å². The summed E-state index contributed by atoms with van der Waals surface area (Å²) in [6.07, 6.45) is 0.715. The predicted molar refractivity (Wildman–Crippen MR) is 58.0 cm³/mol. The largest absolute Gasteiger partial charge is 0.347 e. The van der Waals surface area contributed by atoms with Crippen molar-refractivity contribution < 1.29 is 0 Å². The Bertz CT molecular complexity index is 591. The van der Waals surface area contributed by atoms with Crippen LogP contribution in [0.5, 0.6) is 0 Å². The van der Waals surface area contributed by atoms with Crippen LogP contribution in [0.4, 0.5) is 0 Å². The number of aromatic nitrogens is 4. The zero-order chi connectivity index (χ0) is 11.0. The Hall–Kier alpha value is -1.28. The molecule has 0 radical (unpaired) electrons. The molecule has 2 aromatic heterocycles. The van der Waals surface area contributed by atoms with Gasteiger partial charge in [0.15, 0.2) is 0 Å². The molecule has 15 heavy (non-hydrogen) atoms. The first kappa shape index (κ1) is 10.2. The van der Waals surface area contributed by atoms with Crippen molar-refractivity contribution in [1.82, 2.24) is 17.9 Å². The lowest BCUT2D eigenvalue weighted by atomic mass is 10.5. The highest BCUT2D eigenvalue weighted by atomic mass is 32.1. The Morgan fingerprint density at radius 1 is 1.40 bits per heavy atom. The van der Waals surface area contributed by atoms with Crippen LogP contribution in [-0.2, 0) is 13.5 Å². The van der Waals surface area contributed by atoms with Crippen LogP contribution in [0.1, 0.15) is 12.7 Å². The highest BCUT2D eigenvalue weighted by molar-refractivity contribution is 7.11. The van der Waals surface area contributed by atoms with Crippen LogP contribution in [-0.4, -0.2) is 17.9 Å². The standard InChI is InChI=1S/C7H8N4O2S2/c1-3-4-8-5(14-9-4)11-6(12)10(2)7(13)15-11/h3H2,1-2H3. The number of aryl methyl sites for hydroxylation is 1. The van der Waals surface area contributed by atoms with E-state index >= 15 is 0 Å². The van der Waals surface area contributed by atoms with Gasteiger partial charge in [-0.25, -0.2) is 9.78 Å².